The highest BCUT2D eigenvalue weighted by Gasteiger charge is 2.64. The molecule has 2 fully saturated rings. The molecule has 298 valence electrons. The smallest absolute Gasteiger partial charge is 0.412 e. The van der Waals surface area contributed by atoms with Crippen molar-refractivity contribution in [1.82, 2.24) is 5.32 Å². The zero-order valence-corrected chi connectivity index (χ0v) is 32.9. The molecule has 3 aliphatic rings. The van der Waals surface area contributed by atoms with Crippen molar-refractivity contribution in [3.63, 3.8) is 0 Å². The molecule has 0 saturated carbocycles. The summed E-state index contributed by atoms with van der Waals surface area (Å²) in [5.74, 6) is -0.653. The largest absolute Gasteiger partial charge is 0.492 e. The van der Waals surface area contributed by atoms with Gasteiger partial charge in [0.25, 0.3) is 5.69 Å². The van der Waals surface area contributed by atoms with Crippen LogP contribution in [0.3, 0.4) is 0 Å². The summed E-state index contributed by atoms with van der Waals surface area (Å²) in [5, 5.41) is 28.1. The molecule has 4 bridgehead atoms. The highest BCUT2D eigenvalue weighted by Crippen LogP contribution is 2.49. The van der Waals surface area contributed by atoms with E-state index in [4.69, 9.17) is 46.9 Å². The van der Waals surface area contributed by atoms with Gasteiger partial charge in [-0.1, -0.05) is 67.3 Å². The van der Waals surface area contributed by atoms with Crippen LogP contribution in [0.4, 0.5) is 26.7 Å². The van der Waals surface area contributed by atoms with Crippen LogP contribution in [-0.4, -0.2) is 84.6 Å². The number of aliphatic hydroxyl groups is 1. The van der Waals surface area contributed by atoms with E-state index in [1.165, 1.54) is 24.1 Å². The van der Waals surface area contributed by atoms with Crippen molar-refractivity contribution in [2.24, 2.45) is 5.92 Å². The first-order valence-corrected chi connectivity index (χ1v) is 18.6. The van der Waals surface area contributed by atoms with Gasteiger partial charge < -0.3 is 33.7 Å². The van der Waals surface area contributed by atoms with E-state index in [0.717, 1.165) is 30.0 Å². The lowest BCUT2D eigenvalue weighted by molar-refractivity contribution is -0.384. The second kappa shape index (κ2) is 17.2. The number of alkyl carbamates (subject to hydrolysis) is 1. The molecule has 3 N–H and O–H groups in total. The lowest BCUT2D eigenvalue weighted by atomic mass is 9.83. The monoisotopic (exact) mass is 804 g/mol. The van der Waals surface area contributed by atoms with E-state index >= 15 is 0 Å². The summed E-state index contributed by atoms with van der Waals surface area (Å²) in [6.07, 6.45) is 1.22. The first kappa shape index (κ1) is 41.7. The summed E-state index contributed by atoms with van der Waals surface area (Å²) in [5.41, 5.74) is -1.30. The number of nitrogens with one attached hydrogen (secondary N) is 2. The predicted molar refractivity (Wildman–Crippen MR) is 205 cm³/mol. The van der Waals surface area contributed by atoms with Gasteiger partial charge in [0.2, 0.25) is 5.91 Å². The molecule has 3 heterocycles. The Morgan fingerprint density at radius 2 is 1.98 bits per heavy atom. The normalized spacial score (nSPS) is 29.8. The number of amides is 3. The number of carbonyl (C=O) groups excluding carboxylic acids is 3. The Bertz CT molecular complexity index is 1880. The molecular formula is C38H46Cl2N4O11. The first-order chi connectivity index (χ1) is 26.0. The Kier molecular flexibility index (Phi) is 13.0. The van der Waals surface area contributed by atoms with Gasteiger partial charge in [-0.3, -0.25) is 25.5 Å². The number of allylic oxidation sites excluding steroid dienone is 3. The summed E-state index contributed by atoms with van der Waals surface area (Å²) in [4.78, 5) is 52.4. The molecule has 0 unspecified atom stereocenters. The van der Waals surface area contributed by atoms with Crippen molar-refractivity contribution in [1.29, 1.82) is 0 Å². The number of fused-ring (bicyclic) bond motifs is 5. The van der Waals surface area contributed by atoms with Gasteiger partial charge in [0.05, 0.1) is 40.5 Å². The average molecular weight is 806 g/mol. The Labute approximate surface area is 329 Å². The summed E-state index contributed by atoms with van der Waals surface area (Å²) in [6.45, 7) is 7.80. The number of unbranched alkanes of at least 4 members (excludes halogenated alkanes) is 1. The highest BCUT2D eigenvalue weighted by molar-refractivity contribution is 6.35. The third kappa shape index (κ3) is 9.52. The summed E-state index contributed by atoms with van der Waals surface area (Å²) < 4.78 is 29.4. The number of nitro benzene ring substituents is 1. The van der Waals surface area contributed by atoms with Gasteiger partial charge in [0.1, 0.15) is 34.7 Å². The Balaban J connectivity index is 1.54. The lowest BCUT2D eigenvalue weighted by Crippen LogP contribution is -2.63. The van der Waals surface area contributed by atoms with Gasteiger partial charge in [-0.25, -0.2) is 9.59 Å². The van der Waals surface area contributed by atoms with Crippen LogP contribution in [0.25, 0.3) is 0 Å². The molecule has 3 aliphatic heterocycles. The van der Waals surface area contributed by atoms with Gasteiger partial charge in [-0.15, -0.1) is 0 Å². The van der Waals surface area contributed by atoms with Crippen LogP contribution in [0.15, 0.2) is 54.1 Å². The van der Waals surface area contributed by atoms with Crippen molar-refractivity contribution in [2.45, 2.75) is 95.5 Å². The van der Waals surface area contributed by atoms with Crippen LogP contribution in [-0.2, 0) is 30.2 Å². The Morgan fingerprint density at radius 3 is 2.65 bits per heavy atom. The van der Waals surface area contributed by atoms with Gasteiger partial charge in [0.15, 0.2) is 5.72 Å². The lowest BCUT2D eigenvalue weighted by Gasteiger charge is -2.42. The molecule has 2 aromatic rings. The molecule has 55 heavy (non-hydrogen) atoms. The molecule has 5 rings (SSSR count). The third-order valence-electron chi connectivity index (χ3n) is 10.1. The number of hydrogen-bond acceptors (Lipinski definition) is 11. The van der Waals surface area contributed by atoms with E-state index in [9.17, 15) is 29.6 Å². The topological polar surface area (TPSA) is 191 Å². The fourth-order valence-corrected chi connectivity index (χ4v) is 7.39. The van der Waals surface area contributed by atoms with Crippen LogP contribution >= 0.6 is 23.2 Å². The number of ether oxygens (including phenoxy) is 5. The van der Waals surface area contributed by atoms with Crippen LogP contribution in [0.2, 0.25) is 10.0 Å². The minimum Gasteiger partial charge on any atom is -0.492 e. The Hall–Kier alpha value is -4.41. The van der Waals surface area contributed by atoms with E-state index < -0.39 is 64.7 Å². The number of non-ortho nitro benzene ring substituents is 1. The van der Waals surface area contributed by atoms with Crippen LogP contribution < -0.4 is 20.3 Å². The number of methoxy groups -OCH3 is 1. The number of epoxide rings is 1. The van der Waals surface area contributed by atoms with E-state index in [-0.39, 0.29) is 34.3 Å². The number of nitrogens with zero attached hydrogens (tertiary/aromatic N) is 2. The molecule has 0 radical (unpaired) electrons. The van der Waals surface area contributed by atoms with Crippen LogP contribution in [0, 0.1) is 16.0 Å². The van der Waals surface area contributed by atoms with Crippen molar-refractivity contribution in [3.8, 4) is 5.75 Å². The van der Waals surface area contributed by atoms with E-state index in [0.29, 0.717) is 24.5 Å². The molecule has 7 atom stereocenters. The van der Waals surface area contributed by atoms with Gasteiger partial charge >= 0.3 is 12.2 Å². The summed E-state index contributed by atoms with van der Waals surface area (Å²) >= 11 is 13.1. The maximum absolute atomic E-state index is 14.2. The van der Waals surface area contributed by atoms with Crippen molar-refractivity contribution >= 4 is 58.4 Å². The molecule has 2 saturated heterocycles. The van der Waals surface area contributed by atoms with Crippen molar-refractivity contribution in [2.75, 3.05) is 31.0 Å². The number of anilines is 2. The van der Waals surface area contributed by atoms with Crippen LogP contribution in [0.1, 0.15) is 58.9 Å². The fraction of sp³-hybridized carbons (Fsp3) is 0.500. The van der Waals surface area contributed by atoms with Crippen molar-refractivity contribution in [3.05, 3.63) is 79.9 Å². The molecular weight excluding hydrogens is 759 g/mol. The summed E-state index contributed by atoms with van der Waals surface area (Å²) in [6, 6.07) is 7.12. The van der Waals surface area contributed by atoms with E-state index in [1.807, 2.05) is 26.0 Å². The number of halogens is 2. The Morgan fingerprint density at radius 1 is 1.24 bits per heavy atom. The first-order valence-electron chi connectivity index (χ1n) is 17.9. The molecule has 3 amide bonds. The van der Waals surface area contributed by atoms with Gasteiger partial charge in [0, 0.05) is 38.6 Å². The van der Waals surface area contributed by atoms with Crippen molar-refractivity contribution < 1.29 is 48.1 Å². The van der Waals surface area contributed by atoms with Crippen LogP contribution in [0.5, 0.6) is 5.75 Å². The molecule has 0 spiro atoms. The van der Waals surface area contributed by atoms with Gasteiger partial charge in [-0.05, 0) is 50.5 Å². The third-order valence-corrected chi connectivity index (χ3v) is 10.8. The quantitative estimate of drug-likeness (QED) is 0.107. The van der Waals surface area contributed by atoms with E-state index in [1.54, 1.807) is 39.1 Å². The SMILES string of the molecule is CCCCOc1cc2cc(c1Cl)N(C)C(=O)C[C@H](OC(=O)Nc1ccc([N+](=O)[O-])cc1Cl)[C@]1(C)O[C@H]1[C@H](C)[C@@H]1C[C@@](O)(NC(=O)O1)[C@H](OC)/C=C/C=C(\C)C2. The molecule has 2 aromatic carbocycles. The number of rotatable bonds is 8. The standard InChI is InChI=1S/C38H46Cl2N4O11/c1-7-8-14-52-28-17-23-15-21(2)10-9-11-30(51-6)38(48)20-29(53-36(47)42-38)22(3)34-37(4,55-34)31(19-32(45)43(5)27(16-23)33(28)40)54-35(46)41-26-13-12-24(44(49)50)18-25(26)39/h9-13,16-18,22,29-31,34,48H,7-8,14-15,19-20H2,1-6H3,(H,41,46)(H,42,47)/b11-9+,21-10+/t22-,29+,30-,31+,34+,37+,38+/m1/s1. The zero-order valence-electron chi connectivity index (χ0n) is 31.4. The molecule has 0 aromatic heterocycles. The highest BCUT2D eigenvalue weighted by atomic mass is 35.5. The fourth-order valence-electron chi connectivity index (χ4n) is 6.88. The number of benzene rings is 2. The second-order valence-corrected chi connectivity index (χ2v) is 15.0. The number of hydrogen-bond donors (Lipinski definition) is 3. The second-order valence-electron chi connectivity index (χ2n) is 14.2. The maximum Gasteiger partial charge on any atom is 0.412 e. The maximum atomic E-state index is 14.2. The predicted octanol–water partition coefficient (Wildman–Crippen LogP) is 7.11. The summed E-state index contributed by atoms with van der Waals surface area (Å²) in [7, 11) is 2.97. The van der Waals surface area contributed by atoms with Gasteiger partial charge in [-0.2, -0.15) is 0 Å². The average Bonchev–Trinajstić information content (AvgIpc) is 3.82. The molecule has 0 aliphatic carbocycles. The van der Waals surface area contributed by atoms with E-state index in [2.05, 4.69) is 10.6 Å². The molecule has 17 heteroatoms. The minimum absolute atomic E-state index is 0.0369. The number of nitro groups is 1. The zero-order chi connectivity index (χ0) is 40.2. The number of carbonyl (C=O) groups is 3. The molecule has 15 nitrogen and oxygen atoms in total. The minimum atomic E-state index is -1.86.